The molecular formula is C9H8Br3ClN2O. The second-order valence-corrected chi connectivity index (χ2v) is 5.39. The van der Waals surface area contributed by atoms with Crippen molar-refractivity contribution in [3.63, 3.8) is 0 Å². The molecule has 0 amide bonds. The first-order chi connectivity index (χ1) is 6.99. The van der Waals surface area contributed by atoms with Crippen LogP contribution in [0.15, 0.2) is 19.5 Å². The highest BCUT2D eigenvalue weighted by Gasteiger charge is 2.18. The standard InChI is InChI=1S/C9H7Br3N2O.ClH/c10-4-3-5(11)9(15)8(12)7(4)6(14)1-2-13;/h3,6,15H,1,14H2;1H/t6-;/m1./s1. The van der Waals surface area contributed by atoms with Crippen LogP contribution in [0, 0.1) is 11.3 Å². The van der Waals surface area contributed by atoms with Crippen molar-refractivity contribution in [2.24, 2.45) is 5.73 Å². The molecular weight excluding hydrogens is 427 g/mol. The summed E-state index contributed by atoms with van der Waals surface area (Å²) in [4.78, 5) is 0. The van der Waals surface area contributed by atoms with E-state index >= 15 is 0 Å². The number of nitrogens with zero attached hydrogens (tertiary/aromatic N) is 1. The Morgan fingerprint density at radius 2 is 1.94 bits per heavy atom. The van der Waals surface area contributed by atoms with E-state index in [1.54, 1.807) is 6.07 Å². The molecule has 0 aliphatic carbocycles. The molecule has 0 radical (unpaired) electrons. The lowest BCUT2D eigenvalue weighted by Gasteiger charge is -2.14. The molecule has 88 valence electrons. The van der Waals surface area contributed by atoms with Gasteiger partial charge >= 0.3 is 0 Å². The van der Waals surface area contributed by atoms with Gasteiger partial charge in [0.2, 0.25) is 0 Å². The summed E-state index contributed by atoms with van der Waals surface area (Å²) in [7, 11) is 0. The molecule has 0 saturated carbocycles. The maximum absolute atomic E-state index is 9.68. The lowest BCUT2D eigenvalue weighted by Crippen LogP contribution is -2.11. The Kier molecular flexibility index (Phi) is 6.90. The first-order valence-corrected chi connectivity index (χ1v) is 6.35. The number of nitrogens with two attached hydrogens (primary N) is 1. The summed E-state index contributed by atoms with van der Waals surface area (Å²) in [5, 5.41) is 18.2. The number of rotatable bonds is 2. The number of aromatic hydroxyl groups is 1. The summed E-state index contributed by atoms with van der Waals surface area (Å²) < 4.78 is 1.82. The molecule has 1 atom stereocenters. The Morgan fingerprint density at radius 1 is 1.38 bits per heavy atom. The van der Waals surface area contributed by atoms with E-state index in [0.29, 0.717) is 14.5 Å². The van der Waals surface area contributed by atoms with Gasteiger partial charge in [-0.15, -0.1) is 12.4 Å². The van der Waals surface area contributed by atoms with E-state index in [9.17, 15) is 5.11 Å². The minimum Gasteiger partial charge on any atom is -0.506 e. The fourth-order valence-electron chi connectivity index (χ4n) is 1.13. The van der Waals surface area contributed by atoms with Crippen molar-refractivity contribution in [1.29, 1.82) is 5.26 Å². The van der Waals surface area contributed by atoms with Crippen LogP contribution >= 0.6 is 60.2 Å². The van der Waals surface area contributed by atoms with E-state index in [-0.39, 0.29) is 24.6 Å². The quantitative estimate of drug-likeness (QED) is 0.738. The highest BCUT2D eigenvalue weighted by atomic mass is 79.9. The van der Waals surface area contributed by atoms with Gasteiger partial charge in [0.1, 0.15) is 5.75 Å². The lowest BCUT2D eigenvalue weighted by atomic mass is 10.1. The molecule has 1 aromatic rings. The third-order valence-corrected chi connectivity index (χ3v) is 3.93. The first-order valence-electron chi connectivity index (χ1n) is 3.98. The fraction of sp³-hybridized carbons (Fsp3) is 0.222. The number of benzene rings is 1. The van der Waals surface area contributed by atoms with E-state index < -0.39 is 6.04 Å². The van der Waals surface area contributed by atoms with E-state index in [4.69, 9.17) is 11.0 Å². The Bertz CT molecular complexity index is 434. The highest BCUT2D eigenvalue weighted by Crippen LogP contribution is 2.42. The molecule has 0 spiro atoms. The molecule has 0 saturated heterocycles. The third-order valence-electron chi connectivity index (χ3n) is 1.86. The van der Waals surface area contributed by atoms with Gasteiger partial charge in [-0.3, -0.25) is 0 Å². The van der Waals surface area contributed by atoms with Gasteiger partial charge in [0.25, 0.3) is 0 Å². The summed E-state index contributed by atoms with van der Waals surface area (Å²) >= 11 is 9.80. The zero-order valence-corrected chi connectivity index (χ0v) is 13.5. The number of phenols is 1. The van der Waals surface area contributed by atoms with Gasteiger partial charge in [-0.05, 0) is 37.9 Å². The Morgan fingerprint density at radius 3 is 2.44 bits per heavy atom. The molecule has 1 aromatic carbocycles. The number of halogens is 4. The van der Waals surface area contributed by atoms with E-state index in [0.717, 1.165) is 4.47 Å². The molecule has 3 N–H and O–H groups in total. The largest absolute Gasteiger partial charge is 0.506 e. The van der Waals surface area contributed by atoms with Gasteiger partial charge in [0.15, 0.2) is 0 Å². The third kappa shape index (κ3) is 3.34. The number of nitriles is 1. The van der Waals surface area contributed by atoms with Crippen LogP contribution in [0.1, 0.15) is 18.0 Å². The van der Waals surface area contributed by atoms with Gasteiger partial charge < -0.3 is 10.8 Å². The molecule has 1 rings (SSSR count). The van der Waals surface area contributed by atoms with Gasteiger partial charge in [0, 0.05) is 16.1 Å². The number of phenolic OH excluding ortho intramolecular Hbond substituents is 1. The second kappa shape index (κ2) is 6.82. The van der Waals surface area contributed by atoms with Crippen LogP contribution in [0.25, 0.3) is 0 Å². The number of hydrogen-bond acceptors (Lipinski definition) is 3. The van der Waals surface area contributed by atoms with Crippen molar-refractivity contribution in [1.82, 2.24) is 0 Å². The van der Waals surface area contributed by atoms with E-state index in [1.807, 2.05) is 6.07 Å². The summed E-state index contributed by atoms with van der Waals surface area (Å²) in [6, 6.07) is 3.26. The van der Waals surface area contributed by atoms with Crippen molar-refractivity contribution in [3.8, 4) is 11.8 Å². The minimum atomic E-state index is -0.433. The van der Waals surface area contributed by atoms with Crippen molar-refractivity contribution < 1.29 is 5.11 Å². The maximum atomic E-state index is 9.68. The van der Waals surface area contributed by atoms with Crippen molar-refractivity contribution >= 4 is 60.2 Å². The topological polar surface area (TPSA) is 70.0 Å². The van der Waals surface area contributed by atoms with Crippen LogP contribution < -0.4 is 5.73 Å². The van der Waals surface area contributed by atoms with Gasteiger partial charge in [-0.1, -0.05) is 15.9 Å². The molecule has 0 unspecified atom stereocenters. The zero-order chi connectivity index (χ0) is 11.6. The van der Waals surface area contributed by atoms with Crippen LogP contribution in [0.2, 0.25) is 0 Å². The molecule has 7 heteroatoms. The Balaban J connectivity index is 0.00000225. The van der Waals surface area contributed by atoms with Crippen molar-refractivity contribution in [3.05, 3.63) is 25.0 Å². The molecule has 3 nitrogen and oxygen atoms in total. The van der Waals surface area contributed by atoms with Crippen molar-refractivity contribution in [2.45, 2.75) is 12.5 Å². The molecule has 0 aliphatic rings. The minimum absolute atomic E-state index is 0. The summed E-state index contributed by atoms with van der Waals surface area (Å²) in [6.45, 7) is 0. The van der Waals surface area contributed by atoms with Crippen LogP contribution in [-0.4, -0.2) is 5.11 Å². The van der Waals surface area contributed by atoms with Gasteiger partial charge in [0.05, 0.1) is 21.4 Å². The molecule has 0 heterocycles. The average Bonchev–Trinajstić information content (AvgIpc) is 2.15. The highest BCUT2D eigenvalue weighted by molar-refractivity contribution is 9.11. The molecule has 0 bridgehead atoms. The maximum Gasteiger partial charge on any atom is 0.144 e. The monoisotopic (exact) mass is 432 g/mol. The smallest absolute Gasteiger partial charge is 0.144 e. The molecule has 0 fully saturated rings. The number of hydrogen-bond donors (Lipinski definition) is 2. The Labute approximate surface area is 125 Å². The van der Waals surface area contributed by atoms with E-state index in [2.05, 4.69) is 47.8 Å². The average molecular weight is 435 g/mol. The molecule has 0 aromatic heterocycles. The SMILES string of the molecule is Cl.N#CC[C@@H](N)c1c(Br)cc(Br)c(O)c1Br. The second-order valence-electron chi connectivity index (χ2n) is 2.89. The van der Waals surface area contributed by atoms with Crippen LogP contribution in [0.3, 0.4) is 0 Å². The summed E-state index contributed by atoms with van der Waals surface area (Å²) in [6.07, 6.45) is 0.193. The van der Waals surface area contributed by atoms with Crippen molar-refractivity contribution in [2.75, 3.05) is 0 Å². The van der Waals surface area contributed by atoms with Gasteiger partial charge in [-0.25, -0.2) is 0 Å². The van der Waals surface area contributed by atoms with Crippen LogP contribution in [0.4, 0.5) is 0 Å². The predicted molar refractivity (Wildman–Crippen MR) is 75.6 cm³/mol. The van der Waals surface area contributed by atoms with Gasteiger partial charge in [-0.2, -0.15) is 5.26 Å². The summed E-state index contributed by atoms with van der Waals surface area (Å²) in [5.41, 5.74) is 6.51. The first kappa shape index (κ1) is 16.2. The predicted octanol–water partition coefficient (Wildman–Crippen LogP) is 4.01. The van der Waals surface area contributed by atoms with E-state index in [1.165, 1.54) is 0 Å². The lowest BCUT2D eigenvalue weighted by molar-refractivity contribution is 0.466. The summed E-state index contributed by atoms with van der Waals surface area (Å²) in [5.74, 6) is 0.0848. The molecule has 0 aliphatic heterocycles. The molecule has 16 heavy (non-hydrogen) atoms. The van der Waals surface area contributed by atoms with Crippen LogP contribution in [-0.2, 0) is 0 Å². The Hall–Kier alpha value is 0.200. The fourth-order valence-corrected chi connectivity index (χ4v) is 3.84. The normalized spacial score (nSPS) is 11.4. The zero-order valence-electron chi connectivity index (χ0n) is 7.88. The van der Waals surface area contributed by atoms with Crippen LogP contribution in [0.5, 0.6) is 5.75 Å².